The zero-order valence-electron chi connectivity index (χ0n) is 17.9. The van der Waals surface area contributed by atoms with Gasteiger partial charge in [0.2, 0.25) is 5.91 Å². The molecule has 0 unspecified atom stereocenters. The Bertz CT molecular complexity index is 1140. The fourth-order valence-corrected chi connectivity index (χ4v) is 4.13. The van der Waals surface area contributed by atoms with Gasteiger partial charge in [0.25, 0.3) is 0 Å². The van der Waals surface area contributed by atoms with E-state index >= 15 is 0 Å². The number of benzene rings is 1. The first-order valence-electron chi connectivity index (χ1n) is 10.6. The molecule has 160 valence electrons. The predicted molar refractivity (Wildman–Crippen MR) is 114 cm³/mol. The van der Waals surface area contributed by atoms with Crippen LogP contribution in [0.1, 0.15) is 28.9 Å². The second kappa shape index (κ2) is 8.62. The molecular weight excluding hydrogens is 384 g/mol. The number of carbonyl (C=O) groups excluding carboxylic acids is 1. The summed E-state index contributed by atoms with van der Waals surface area (Å²) in [7, 11) is 0. The van der Waals surface area contributed by atoms with E-state index in [0.29, 0.717) is 23.3 Å². The lowest BCUT2D eigenvalue weighted by Crippen LogP contribution is -3.14. The number of carbonyl (C=O) groups is 1. The van der Waals surface area contributed by atoms with E-state index in [9.17, 15) is 9.59 Å². The molecule has 7 heteroatoms. The largest absolute Gasteiger partial charge is 0.461 e. The monoisotopic (exact) mass is 413 g/mol. The Labute approximate surface area is 175 Å². The van der Waals surface area contributed by atoms with Gasteiger partial charge < -0.3 is 23.8 Å². The number of hydrogen-bond donors (Lipinski definition) is 2. The molecule has 7 nitrogen and oxygen atoms in total. The van der Waals surface area contributed by atoms with Crippen molar-refractivity contribution >= 4 is 27.8 Å². The molecule has 1 aromatic carbocycles. The van der Waals surface area contributed by atoms with Crippen LogP contribution >= 0.6 is 0 Å². The number of quaternary nitrogens is 1. The Morgan fingerprint density at radius 2 is 1.73 bits per heavy atom. The van der Waals surface area contributed by atoms with E-state index in [1.807, 2.05) is 26.8 Å². The van der Waals surface area contributed by atoms with E-state index in [-0.39, 0.29) is 12.3 Å². The number of ether oxygens (including phenoxy) is 1. The molecule has 0 bridgehead atoms. The van der Waals surface area contributed by atoms with E-state index in [1.165, 1.54) is 4.90 Å². The van der Waals surface area contributed by atoms with Crippen LogP contribution in [0.3, 0.4) is 0 Å². The fourth-order valence-electron chi connectivity index (χ4n) is 4.13. The summed E-state index contributed by atoms with van der Waals surface area (Å²) >= 11 is 0. The Morgan fingerprint density at radius 3 is 2.50 bits per heavy atom. The average Bonchev–Trinajstić information content (AvgIpc) is 3.01. The van der Waals surface area contributed by atoms with Gasteiger partial charge in [-0.2, -0.15) is 0 Å². The summed E-state index contributed by atoms with van der Waals surface area (Å²) in [6.45, 7) is 11.1. The third-order valence-electron chi connectivity index (χ3n) is 6.15. The van der Waals surface area contributed by atoms with Crippen LogP contribution < -0.4 is 15.8 Å². The summed E-state index contributed by atoms with van der Waals surface area (Å²) in [6, 6.07) is 3.75. The Hall–Kier alpha value is -2.64. The molecule has 2 N–H and O–H groups in total. The lowest BCUT2D eigenvalue weighted by Gasteiger charge is -2.23. The maximum atomic E-state index is 12.5. The van der Waals surface area contributed by atoms with Crippen LogP contribution in [0.25, 0.3) is 21.9 Å². The van der Waals surface area contributed by atoms with Gasteiger partial charge in [-0.05, 0) is 38.0 Å². The third-order valence-corrected chi connectivity index (χ3v) is 6.15. The van der Waals surface area contributed by atoms with Crippen molar-refractivity contribution in [2.75, 3.05) is 39.4 Å². The maximum Gasteiger partial charge on any atom is 0.340 e. The van der Waals surface area contributed by atoms with Crippen molar-refractivity contribution in [1.82, 2.24) is 5.32 Å². The van der Waals surface area contributed by atoms with Crippen LogP contribution in [-0.4, -0.2) is 45.3 Å². The van der Waals surface area contributed by atoms with Gasteiger partial charge in [-0.15, -0.1) is 0 Å². The van der Waals surface area contributed by atoms with E-state index in [2.05, 4.69) is 5.32 Å². The lowest BCUT2D eigenvalue weighted by atomic mass is 10.0. The molecule has 0 saturated carbocycles. The molecule has 1 amide bonds. The Balaban J connectivity index is 1.46. The molecule has 1 aliphatic rings. The number of furan rings is 1. The van der Waals surface area contributed by atoms with Gasteiger partial charge in [0.15, 0.2) is 0 Å². The molecule has 0 radical (unpaired) electrons. The quantitative estimate of drug-likeness (QED) is 0.472. The van der Waals surface area contributed by atoms with Crippen molar-refractivity contribution in [3.63, 3.8) is 0 Å². The van der Waals surface area contributed by atoms with Crippen molar-refractivity contribution in [3.05, 3.63) is 45.0 Å². The molecule has 4 rings (SSSR count). The molecule has 2 aromatic heterocycles. The number of nitrogens with one attached hydrogen (secondary N) is 2. The van der Waals surface area contributed by atoms with Crippen molar-refractivity contribution in [2.24, 2.45) is 0 Å². The topological polar surface area (TPSA) is 86.1 Å². The molecular formula is C23H29N2O5+. The number of hydrogen-bond acceptors (Lipinski definition) is 5. The number of aryl methyl sites for hydroxylation is 3. The summed E-state index contributed by atoms with van der Waals surface area (Å²) < 4.78 is 16.6. The van der Waals surface area contributed by atoms with Crippen LogP contribution in [-0.2, 0) is 16.0 Å². The first kappa shape index (κ1) is 20.6. The van der Waals surface area contributed by atoms with E-state index in [1.54, 1.807) is 6.07 Å². The molecule has 0 atom stereocenters. The summed E-state index contributed by atoms with van der Waals surface area (Å²) in [5.74, 6) is 0.692. The number of morpholine rings is 1. The third kappa shape index (κ3) is 4.13. The van der Waals surface area contributed by atoms with Crippen molar-refractivity contribution in [3.8, 4) is 0 Å². The summed E-state index contributed by atoms with van der Waals surface area (Å²) in [4.78, 5) is 26.5. The van der Waals surface area contributed by atoms with Crippen LogP contribution in [0.5, 0.6) is 0 Å². The number of rotatable bonds is 6. The Morgan fingerprint density at radius 1 is 1.03 bits per heavy atom. The van der Waals surface area contributed by atoms with Gasteiger partial charge >= 0.3 is 5.63 Å². The normalized spacial score (nSPS) is 15.2. The standard InChI is InChI=1S/C23H28N2O5/c1-14-16(3)29-20-13-21-18(11-17(14)20)15(2)19(23(27)30-21)12-22(26)24-5-4-6-25-7-9-28-10-8-25/h11,13H,4-10,12H2,1-3H3,(H,24,26)/p+1. The Kier molecular flexibility index (Phi) is 5.92. The van der Waals surface area contributed by atoms with Crippen molar-refractivity contribution in [1.29, 1.82) is 0 Å². The summed E-state index contributed by atoms with van der Waals surface area (Å²) in [5.41, 5.74) is 2.99. The predicted octanol–water partition coefficient (Wildman–Crippen LogP) is 1.43. The SMILES string of the molecule is Cc1oc2cc3oc(=O)c(CC(=O)NCCC[NH+]4CCOCC4)c(C)c3cc2c1C. The minimum absolute atomic E-state index is 0.0238. The molecule has 3 heterocycles. The molecule has 1 aliphatic heterocycles. The molecule has 0 spiro atoms. The van der Waals surface area contributed by atoms with E-state index in [4.69, 9.17) is 13.6 Å². The molecule has 0 aliphatic carbocycles. The van der Waals surface area contributed by atoms with Crippen LogP contribution in [0.15, 0.2) is 25.8 Å². The maximum absolute atomic E-state index is 12.5. The smallest absolute Gasteiger partial charge is 0.340 e. The van der Waals surface area contributed by atoms with Gasteiger partial charge in [-0.25, -0.2) is 4.79 Å². The summed E-state index contributed by atoms with van der Waals surface area (Å²) in [5, 5.41) is 4.77. The van der Waals surface area contributed by atoms with Gasteiger partial charge in [-0.1, -0.05) is 0 Å². The van der Waals surface area contributed by atoms with Gasteiger partial charge in [-0.3, -0.25) is 4.79 Å². The number of amides is 1. The second-order valence-corrected chi connectivity index (χ2v) is 8.11. The van der Waals surface area contributed by atoms with E-state index < -0.39 is 5.63 Å². The summed E-state index contributed by atoms with van der Waals surface area (Å²) in [6.07, 6.45) is 0.930. The highest BCUT2D eigenvalue weighted by Gasteiger charge is 2.18. The van der Waals surface area contributed by atoms with Gasteiger partial charge in [0.05, 0.1) is 31.7 Å². The zero-order chi connectivity index (χ0) is 21.3. The zero-order valence-corrected chi connectivity index (χ0v) is 17.9. The molecule has 1 saturated heterocycles. The molecule has 30 heavy (non-hydrogen) atoms. The van der Waals surface area contributed by atoms with Crippen molar-refractivity contribution in [2.45, 2.75) is 33.6 Å². The van der Waals surface area contributed by atoms with Crippen molar-refractivity contribution < 1.29 is 23.3 Å². The highest BCUT2D eigenvalue weighted by Crippen LogP contribution is 2.30. The van der Waals surface area contributed by atoms with Crippen LogP contribution in [0.4, 0.5) is 0 Å². The lowest BCUT2D eigenvalue weighted by molar-refractivity contribution is -0.908. The highest BCUT2D eigenvalue weighted by molar-refractivity contribution is 5.97. The van der Waals surface area contributed by atoms with E-state index in [0.717, 1.165) is 66.9 Å². The minimum Gasteiger partial charge on any atom is -0.461 e. The molecule has 3 aromatic rings. The first-order chi connectivity index (χ1) is 14.4. The average molecular weight is 413 g/mol. The number of fused-ring (bicyclic) bond motifs is 2. The van der Waals surface area contributed by atoms with Gasteiger partial charge in [0, 0.05) is 29.8 Å². The van der Waals surface area contributed by atoms with Crippen LogP contribution in [0, 0.1) is 20.8 Å². The van der Waals surface area contributed by atoms with Gasteiger partial charge in [0.1, 0.15) is 30.0 Å². The van der Waals surface area contributed by atoms with Crippen LogP contribution in [0.2, 0.25) is 0 Å². The molecule has 1 fully saturated rings. The fraction of sp³-hybridized carbons (Fsp3) is 0.478. The second-order valence-electron chi connectivity index (χ2n) is 8.11. The minimum atomic E-state index is -0.465. The first-order valence-corrected chi connectivity index (χ1v) is 10.6. The highest BCUT2D eigenvalue weighted by atomic mass is 16.5.